The molecule has 18 heavy (non-hydrogen) atoms. The third kappa shape index (κ3) is 2.93. The van der Waals surface area contributed by atoms with Crippen LogP contribution in [0.5, 0.6) is 11.5 Å². The van der Waals surface area contributed by atoms with Crippen LogP contribution in [0, 0.1) is 0 Å². The zero-order chi connectivity index (χ0) is 13.0. The summed E-state index contributed by atoms with van der Waals surface area (Å²) in [7, 11) is 0. The van der Waals surface area contributed by atoms with Gasteiger partial charge >= 0.3 is 0 Å². The van der Waals surface area contributed by atoms with E-state index >= 15 is 0 Å². The van der Waals surface area contributed by atoms with Crippen LogP contribution in [0.25, 0.3) is 11.1 Å². The number of phenolic OH excluding ortho intramolecular Hbond substituents is 1. The van der Waals surface area contributed by atoms with E-state index in [1.165, 1.54) is 0 Å². The van der Waals surface area contributed by atoms with Crippen molar-refractivity contribution in [2.45, 2.75) is 13.3 Å². The normalized spacial score (nSPS) is 10.3. The van der Waals surface area contributed by atoms with E-state index in [0.717, 1.165) is 12.0 Å². The summed E-state index contributed by atoms with van der Waals surface area (Å²) in [6.45, 7) is 2.69. The second kappa shape index (κ2) is 5.74. The smallest absolute Gasteiger partial charge is 0.138 e. The predicted octanol–water partition coefficient (Wildman–Crippen LogP) is 3.90. The number of phenols is 1. The minimum atomic E-state index is 0.175. The molecule has 1 aromatic carbocycles. The van der Waals surface area contributed by atoms with Crippen LogP contribution in [0.15, 0.2) is 36.7 Å². The highest BCUT2D eigenvalue weighted by Crippen LogP contribution is 2.32. The number of rotatable bonds is 4. The highest BCUT2D eigenvalue weighted by molar-refractivity contribution is 6.31. The Morgan fingerprint density at radius 3 is 2.89 bits per heavy atom. The number of benzene rings is 1. The van der Waals surface area contributed by atoms with E-state index in [-0.39, 0.29) is 5.75 Å². The molecule has 1 aromatic heterocycles. The summed E-state index contributed by atoms with van der Waals surface area (Å²) in [5.41, 5.74) is 1.43. The SMILES string of the molecule is CCCOc1cncc(-c2cc(Cl)ccc2O)c1. The quantitative estimate of drug-likeness (QED) is 0.910. The molecule has 0 radical (unpaired) electrons. The lowest BCUT2D eigenvalue weighted by atomic mass is 10.1. The molecule has 0 unspecified atom stereocenters. The average Bonchev–Trinajstić information content (AvgIpc) is 2.39. The molecule has 0 saturated carbocycles. The fourth-order valence-electron chi connectivity index (χ4n) is 1.60. The first-order valence-corrected chi connectivity index (χ1v) is 6.15. The predicted molar refractivity (Wildman–Crippen MR) is 72.1 cm³/mol. The van der Waals surface area contributed by atoms with Gasteiger partial charge in [0.15, 0.2) is 0 Å². The zero-order valence-corrected chi connectivity index (χ0v) is 10.8. The lowest BCUT2D eigenvalue weighted by Crippen LogP contribution is -1.95. The fraction of sp³-hybridized carbons (Fsp3) is 0.214. The Morgan fingerprint density at radius 1 is 1.28 bits per heavy atom. The summed E-state index contributed by atoms with van der Waals surface area (Å²) in [5, 5.41) is 10.4. The van der Waals surface area contributed by atoms with Crippen molar-refractivity contribution in [1.82, 2.24) is 4.98 Å². The molecule has 0 aliphatic rings. The Morgan fingerprint density at radius 2 is 2.11 bits per heavy atom. The molecule has 94 valence electrons. The molecule has 2 rings (SSSR count). The van der Waals surface area contributed by atoms with Gasteiger partial charge < -0.3 is 9.84 Å². The van der Waals surface area contributed by atoms with E-state index in [0.29, 0.717) is 22.9 Å². The largest absolute Gasteiger partial charge is 0.507 e. The van der Waals surface area contributed by atoms with Crippen molar-refractivity contribution in [3.05, 3.63) is 41.7 Å². The number of nitrogens with zero attached hydrogens (tertiary/aromatic N) is 1. The molecule has 0 bridgehead atoms. The van der Waals surface area contributed by atoms with Gasteiger partial charge in [0, 0.05) is 22.3 Å². The van der Waals surface area contributed by atoms with Gasteiger partial charge in [0.1, 0.15) is 11.5 Å². The first-order chi connectivity index (χ1) is 8.70. The zero-order valence-electron chi connectivity index (χ0n) is 10.1. The lowest BCUT2D eigenvalue weighted by Gasteiger charge is -2.08. The average molecular weight is 264 g/mol. The van der Waals surface area contributed by atoms with Crippen LogP contribution in [0.2, 0.25) is 5.02 Å². The molecule has 2 aromatic rings. The highest BCUT2D eigenvalue weighted by atomic mass is 35.5. The molecule has 1 N–H and O–H groups in total. The van der Waals surface area contributed by atoms with E-state index in [9.17, 15) is 5.11 Å². The monoisotopic (exact) mass is 263 g/mol. The van der Waals surface area contributed by atoms with Crippen molar-refractivity contribution in [3.8, 4) is 22.6 Å². The molecular weight excluding hydrogens is 250 g/mol. The second-order valence-corrected chi connectivity index (χ2v) is 4.36. The van der Waals surface area contributed by atoms with Crippen LogP contribution < -0.4 is 4.74 Å². The van der Waals surface area contributed by atoms with Crippen molar-refractivity contribution in [2.24, 2.45) is 0 Å². The second-order valence-electron chi connectivity index (χ2n) is 3.92. The molecule has 0 aliphatic carbocycles. The number of aromatic nitrogens is 1. The Bertz CT molecular complexity index is 543. The van der Waals surface area contributed by atoms with Gasteiger partial charge in [-0.05, 0) is 30.7 Å². The first-order valence-electron chi connectivity index (χ1n) is 5.77. The van der Waals surface area contributed by atoms with Gasteiger partial charge in [-0.25, -0.2) is 0 Å². The third-order valence-electron chi connectivity index (χ3n) is 2.46. The first kappa shape index (κ1) is 12.7. The molecule has 0 atom stereocenters. The van der Waals surface area contributed by atoms with Crippen LogP contribution in [0.4, 0.5) is 0 Å². The van der Waals surface area contributed by atoms with Gasteiger partial charge in [-0.1, -0.05) is 18.5 Å². The summed E-state index contributed by atoms with van der Waals surface area (Å²) in [5.74, 6) is 0.863. The van der Waals surface area contributed by atoms with Crippen molar-refractivity contribution in [3.63, 3.8) is 0 Å². The van der Waals surface area contributed by atoms with Gasteiger partial charge in [0.25, 0.3) is 0 Å². The summed E-state index contributed by atoms with van der Waals surface area (Å²) in [6.07, 6.45) is 4.26. The highest BCUT2D eigenvalue weighted by Gasteiger charge is 2.07. The minimum absolute atomic E-state index is 0.175. The number of hydrogen-bond donors (Lipinski definition) is 1. The van der Waals surface area contributed by atoms with E-state index in [1.807, 2.05) is 13.0 Å². The van der Waals surface area contributed by atoms with E-state index in [1.54, 1.807) is 30.6 Å². The summed E-state index contributed by atoms with van der Waals surface area (Å²) >= 11 is 5.93. The molecule has 0 saturated heterocycles. The summed E-state index contributed by atoms with van der Waals surface area (Å²) in [4.78, 5) is 4.11. The molecule has 1 heterocycles. The molecule has 0 spiro atoms. The van der Waals surface area contributed by atoms with Crippen molar-refractivity contribution in [2.75, 3.05) is 6.61 Å². The number of ether oxygens (including phenoxy) is 1. The Kier molecular flexibility index (Phi) is 4.05. The Hall–Kier alpha value is -1.74. The van der Waals surface area contributed by atoms with Crippen molar-refractivity contribution < 1.29 is 9.84 Å². The van der Waals surface area contributed by atoms with E-state index < -0.39 is 0 Å². The summed E-state index contributed by atoms with van der Waals surface area (Å²) in [6, 6.07) is 6.76. The van der Waals surface area contributed by atoms with Gasteiger partial charge in [0.05, 0.1) is 12.8 Å². The van der Waals surface area contributed by atoms with Crippen LogP contribution in [0.1, 0.15) is 13.3 Å². The number of halogens is 1. The maximum absolute atomic E-state index is 9.83. The van der Waals surface area contributed by atoms with Crippen LogP contribution in [-0.4, -0.2) is 16.7 Å². The van der Waals surface area contributed by atoms with Gasteiger partial charge in [-0.15, -0.1) is 0 Å². The van der Waals surface area contributed by atoms with Crippen LogP contribution in [-0.2, 0) is 0 Å². The number of aromatic hydroxyl groups is 1. The molecule has 0 aliphatic heterocycles. The van der Waals surface area contributed by atoms with Crippen LogP contribution >= 0.6 is 11.6 Å². The van der Waals surface area contributed by atoms with Crippen LogP contribution in [0.3, 0.4) is 0 Å². The Labute approximate surface area is 111 Å². The summed E-state index contributed by atoms with van der Waals surface area (Å²) < 4.78 is 5.51. The van der Waals surface area contributed by atoms with Gasteiger partial charge in [0.2, 0.25) is 0 Å². The number of hydrogen-bond acceptors (Lipinski definition) is 3. The van der Waals surface area contributed by atoms with Gasteiger partial charge in [-0.3, -0.25) is 4.98 Å². The van der Waals surface area contributed by atoms with Crippen molar-refractivity contribution >= 4 is 11.6 Å². The molecule has 0 fully saturated rings. The van der Waals surface area contributed by atoms with E-state index in [4.69, 9.17) is 16.3 Å². The van der Waals surface area contributed by atoms with E-state index in [2.05, 4.69) is 4.98 Å². The Balaban J connectivity index is 2.35. The maximum atomic E-state index is 9.83. The standard InChI is InChI=1S/C14H14ClNO2/c1-2-5-18-12-6-10(8-16-9-12)13-7-11(15)3-4-14(13)17/h3-4,6-9,17H,2,5H2,1H3. The lowest BCUT2D eigenvalue weighted by molar-refractivity contribution is 0.316. The molecule has 3 nitrogen and oxygen atoms in total. The minimum Gasteiger partial charge on any atom is -0.507 e. The maximum Gasteiger partial charge on any atom is 0.138 e. The molecular formula is C14H14ClNO2. The van der Waals surface area contributed by atoms with Crippen molar-refractivity contribution in [1.29, 1.82) is 0 Å². The van der Waals surface area contributed by atoms with Gasteiger partial charge in [-0.2, -0.15) is 0 Å². The molecule has 0 amide bonds. The molecule has 4 heteroatoms. The fourth-order valence-corrected chi connectivity index (χ4v) is 1.78. The topological polar surface area (TPSA) is 42.4 Å². The number of pyridine rings is 1. The third-order valence-corrected chi connectivity index (χ3v) is 2.69.